The van der Waals surface area contributed by atoms with Crippen LogP contribution in [0.5, 0.6) is 0 Å². The van der Waals surface area contributed by atoms with Crippen LogP contribution in [-0.4, -0.2) is 47.3 Å². The van der Waals surface area contributed by atoms with Crippen LogP contribution < -0.4 is 4.72 Å². The third-order valence-corrected chi connectivity index (χ3v) is 4.82. The molecule has 0 radical (unpaired) electrons. The van der Waals surface area contributed by atoms with Gasteiger partial charge in [0.25, 0.3) is 10.2 Å². The van der Waals surface area contributed by atoms with Crippen molar-refractivity contribution >= 4 is 10.2 Å². The highest BCUT2D eigenvalue weighted by molar-refractivity contribution is 7.87. The Balaban J connectivity index is 1.94. The first-order valence-electron chi connectivity index (χ1n) is 6.34. The van der Waals surface area contributed by atoms with Crippen molar-refractivity contribution in [3.8, 4) is 0 Å². The van der Waals surface area contributed by atoms with Gasteiger partial charge in [-0.05, 0) is 18.8 Å². The highest BCUT2D eigenvalue weighted by Gasteiger charge is 2.28. The zero-order valence-electron chi connectivity index (χ0n) is 11.0. The lowest BCUT2D eigenvalue weighted by atomic mass is 10.0. The van der Waals surface area contributed by atoms with Gasteiger partial charge < -0.3 is 5.11 Å². The molecule has 1 saturated heterocycles. The molecule has 7 nitrogen and oxygen atoms in total. The lowest BCUT2D eigenvalue weighted by Crippen LogP contribution is -2.46. The van der Waals surface area contributed by atoms with Crippen LogP contribution in [0.3, 0.4) is 0 Å². The summed E-state index contributed by atoms with van der Waals surface area (Å²) in [6.07, 6.45) is 5.08. The molecule has 0 amide bonds. The van der Waals surface area contributed by atoms with Crippen molar-refractivity contribution < 1.29 is 13.5 Å². The number of rotatable bonds is 5. The summed E-state index contributed by atoms with van der Waals surface area (Å²) in [6, 6.07) is 0. The molecule has 1 aromatic rings. The number of aryl methyl sites for hydroxylation is 1. The summed E-state index contributed by atoms with van der Waals surface area (Å²) in [5.74, 6) is 0.0451. The van der Waals surface area contributed by atoms with Crippen molar-refractivity contribution in [2.75, 3.05) is 19.7 Å². The van der Waals surface area contributed by atoms with Gasteiger partial charge in [-0.2, -0.15) is 22.5 Å². The van der Waals surface area contributed by atoms with E-state index in [0.29, 0.717) is 13.1 Å². The number of nitrogens with zero attached hydrogens (tertiary/aromatic N) is 3. The van der Waals surface area contributed by atoms with Gasteiger partial charge in [-0.1, -0.05) is 0 Å². The van der Waals surface area contributed by atoms with E-state index in [1.807, 2.05) is 0 Å². The van der Waals surface area contributed by atoms with Crippen LogP contribution in [0.25, 0.3) is 0 Å². The Morgan fingerprint density at radius 2 is 2.37 bits per heavy atom. The summed E-state index contributed by atoms with van der Waals surface area (Å²) in [5.41, 5.74) is 0.821. The van der Waals surface area contributed by atoms with Crippen molar-refractivity contribution in [2.24, 2.45) is 13.0 Å². The van der Waals surface area contributed by atoms with Crippen molar-refractivity contribution in [1.82, 2.24) is 18.8 Å². The molecular weight excluding hydrogens is 268 g/mol. The van der Waals surface area contributed by atoms with Gasteiger partial charge in [0.15, 0.2) is 0 Å². The molecule has 1 unspecified atom stereocenters. The van der Waals surface area contributed by atoms with E-state index in [4.69, 9.17) is 5.11 Å². The molecule has 0 saturated carbocycles. The molecule has 0 aliphatic carbocycles. The molecule has 108 valence electrons. The van der Waals surface area contributed by atoms with Gasteiger partial charge in [0.1, 0.15) is 0 Å². The second-order valence-electron chi connectivity index (χ2n) is 4.90. The number of hydrogen-bond donors (Lipinski definition) is 2. The van der Waals surface area contributed by atoms with E-state index < -0.39 is 10.2 Å². The van der Waals surface area contributed by atoms with E-state index in [9.17, 15) is 8.42 Å². The molecule has 2 N–H and O–H groups in total. The molecule has 8 heteroatoms. The molecule has 0 aromatic carbocycles. The lowest BCUT2D eigenvalue weighted by molar-refractivity contribution is 0.164. The highest BCUT2D eigenvalue weighted by atomic mass is 32.2. The average molecular weight is 288 g/mol. The maximum absolute atomic E-state index is 12.1. The maximum atomic E-state index is 12.1. The van der Waals surface area contributed by atoms with Crippen LogP contribution in [0.15, 0.2) is 12.4 Å². The number of hydrogen-bond acceptors (Lipinski definition) is 4. The molecular formula is C11H20N4O3S. The number of nitrogens with one attached hydrogen (secondary N) is 1. The Labute approximate surface area is 113 Å². The molecule has 1 aromatic heterocycles. The summed E-state index contributed by atoms with van der Waals surface area (Å²) >= 11 is 0. The average Bonchev–Trinajstić information content (AvgIpc) is 2.82. The van der Waals surface area contributed by atoms with Crippen LogP contribution in [0, 0.1) is 5.92 Å². The van der Waals surface area contributed by atoms with Crippen LogP contribution in [0.1, 0.15) is 18.4 Å². The molecule has 1 atom stereocenters. The molecule has 1 aliphatic rings. The largest absolute Gasteiger partial charge is 0.396 e. The summed E-state index contributed by atoms with van der Waals surface area (Å²) in [6.45, 7) is 1.17. The van der Waals surface area contributed by atoms with Crippen molar-refractivity contribution in [3.63, 3.8) is 0 Å². The molecule has 2 heterocycles. The predicted octanol–water partition coefficient (Wildman–Crippen LogP) is -0.541. The highest BCUT2D eigenvalue weighted by Crippen LogP contribution is 2.18. The number of piperidine rings is 1. The second kappa shape index (κ2) is 6.00. The smallest absolute Gasteiger partial charge is 0.279 e. The molecule has 1 fully saturated rings. The third-order valence-electron chi connectivity index (χ3n) is 3.30. The lowest BCUT2D eigenvalue weighted by Gasteiger charge is -2.30. The van der Waals surface area contributed by atoms with E-state index in [2.05, 4.69) is 9.82 Å². The van der Waals surface area contributed by atoms with Crippen LogP contribution in [0.2, 0.25) is 0 Å². The number of aliphatic hydroxyl groups is 1. The molecule has 1 aliphatic heterocycles. The van der Waals surface area contributed by atoms with Gasteiger partial charge >= 0.3 is 0 Å². The van der Waals surface area contributed by atoms with Gasteiger partial charge in [-0.25, -0.2) is 0 Å². The number of aromatic nitrogens is 2. The summed E-state index contributed by atoms with van der Waals surface area (Å²) in [5, 5.41) is 13.1. The first kappa shape index (κ1) is 14.4. The van der Waals surface area contributed by atoms with Gasteiger partial charge in [-0.3, -0.25) is 4.68 Å². The van der Waals surface area contributed by atoms with Crippen LogP contribution in [0.4, 0.5) is 0 Å². The van der Waals surface area contributed by atoms with E-state index in [0.717, 1.165) is 18.4 Å². The third kappa shape index (κ3) is 3.75. The van der Waals surface area contributed by atoms with Crippen molar-refractivity contribution in [3.05, 3.63) is 18.0 Å². The van der Waals surface area contributed by atoms with Crippen molar-refractivity contribution in [2.45, 2.75) is 19.4 Å². The topological polar surface area (TPSA) is 87.5 Å². The standard InChI is InChI=1S/C11H20N4O3S/c1-14-7-11(5-12-14)6-13-19(17,18)15-4-2-3-10(8-15)9-16/h5,7,10,13,16H,2-4,6,8-9H2,1H3. The molecule has 0 bridgehead atoms. The molecule has 2 rings (SSSR count). The maximum Gasteiger partial charge on any atom is 0.279 e. The van der Waals surface area contributed by atoms with E-state index in [1.54, 1.807) is 24.1 Å². The Kier molecular flexibility index (Phi) is 4.56. The fourth-order valence-corrected chi connectivity index (χ4v) is 3.53. The van der Waals surface area contributed by atoms with Gasteiger partial charge in [0, 0.05) is 45.0 Å². The quantitative estimate of drug-likeness (QED) is 0.761. The minimum absolute atomic E-state index is 0.0363. The Bertz CT molecular complexity index is 514. The SMILES string of the molecule is Cn1cc(CNS(=O)(=O)N2CCCC(CO)C2)cn1. The molecule has 0 spiro atoms. The summed E-state index contributed by atoms with van der Waals surface area (Å²) in [4.78, 5) is 0. The fraction of sp³-hybridized carbons (Fsp3) is 0.727. The Morgan fingerprint density at radius 1 is 1.58 bits per heavy atom. The Morgan fingerprint density at radius 3 is 3.00 bits per heavy atom. The Hall–Kier alpha value is -0.960. The molecule has 19 heavy (non-hydrogen) atoms. The first-order chi connectivity index (χ1) is 9.01. The van der Waals surface area contributed by atoms with Gasteiger partial charge in [0.2, 0.25) is 0 Å². The van der Waals surface area contributed by atoms with E-state index in [1.165, 1.54) is 4.31 Å². The van der Waals surface area contributed by atoms with Crippen LogP contribution >= 0.6 is 0 Å². The normalized spacial score (nSPS) is 21.7. The second-order valence-corrected chi connectivity index (χ2v) is 6.65. The number of aliphatic hydroxyl groups excluding tert-OH is 1. The zero-order chi connectivity index (χ0) is 13.9. The summed E-state index contributed by atoms with van der Waals surface area (Å²) in [7, 11) is -1.69. The first-order valence-corrected chi connectivity index (χ1v) is 7.78. The zero-order valence-corrected chi connectivity index (χ0v) is 11.8. The fourth-order valence-electron chi connectivity index (χ4n) is 2.22. The minimum Gasteiger partial charge on any atom is -0.396 e. The monoisotopic (exact) mass is 288 g/mol. The van der Waals surface area contributed by atoms with E-state index >= 15 is 0 Å². The van der Waals surface area contributed by atoms with Crippen LogP contribution in [-0.2, 0) is 23.8 Å². The summed E-state index contributed by atoms with van der Waals surface area (Å²) < 4.78 is 29.9. The van der Waals surface area contributed by atoms with Gasteiger partial charge in [0.05, 0.1) is 6.20 Å². The minimum atomic E-state index is -3.48. The van der Waals surface area contributed by atoms with E-state index in [-0.39, 0.29) is 19.1 Å². The van der Waals surface area contributed by atoms with Gasteiger partial charge in [-0.15, -0.1) is 0 Å². The predicted molar refractivity (Wildman–Crippen MR) is 70.4 cm³/mol. The van der Waals surface area contributed by atoms with Crippen molar-refractivity contribution in [1.29, 1.82) is 0 Å².